The van der Waals surface area contributed by atoms with Crippen molar-refractivity contribution in [2.75, 3.05) is 19.6 Å². The van der Waals surface area contributed by atoms with Crippen LogP contribution >= 0.6 is 12.4 Å². The highest BCUT2D eigenvalue weighted by Crippen LogP contribution is 2.23. The molecule has 1 N–H and O–H groups in total. The van der Waals surface area contributed by atoms with Crippen molar-refractivity contribution < 1.29 is 13.6 Å². The maximum atomic E-state index is 13.4. The molecule has 124 valence electrons. The standard InChI is InChI=1S/C15H16F2N4O.ClH/c1-20-6-5-19-14(20)13-9-18-4-7-21(13)15(22)10-2-3-11(16)12(17)8-10;/h2-3,5-6,8,13,18H,4,7,9H2,1H3;1H. The van der Waals surface area contributed by atoms with Crippen LogP contribution in [0.1, 0.15) is 22.2 Å². The Kier molecular flexibility index (Phi) is 5.33. The van der Waals surface area contributed by atoms with Gasteiger partial charge in [-0.2, -0.15) is 0 Å². The summed E-state index contributed by atoms with van der Waals surface area (Å²) < 4.78 is 28.3. The van der Waals surface area contributed by atoms with Gasteiger partial charge < -0.3 is 14.8 Å². The Labute approximate surface area is 138 Å². The average Bonchev–Trinajstić information content (AvgIpc) is 2.95. The monoisotopic (exact) mass is 342 g/mol. The van der Waals surface area contributed by atoms with E-state index in [0.29, 0.717) is 19.6 Å². The molecule has 1 fully saturated rings. The van der Waals surface area contributed by atoms with E-state index in [2.05, 4.69) is 10.3 Å². The van der Waals surface area contributed by atoms with Crippen molar-refractivity contribution in [1.82, 2.24) is 19.8 Å². The second-order valence-electron chi connectivity index (χ2n) is 5.24. The number of nitrogens with one attached hydrogen (secondary N) is 1. The minimum atomic E-state index is -1.02. The third-order valence-corrected chi connectivity index (χ3v) is 3.83. The summed E-state index contributed by atoms with van der Waals surface area (Å²) in [6.45, 7) is 1.70. The zero-order valence-corrected chi connectivity index (χ0v) is 13.3. The van der Waals surface area contributed by atoms with E-state index in [1.54, 1.807) is 11.1 Å². The lowest BCUT2D eigenvalue weighted by molar-refractivity contribution is 0.0620. The smallest absolute Gasteiger partial charge is 0.254 e. The Hall–Kier alpha value is -1.99. The Bertz CT molecular complexity index is 707. The molecule has 5 nitrogen and oxygen atoms in total. The van der Waals surface area contributed by atoms with Crippen molar-refractivity contribution in [2.24, 2.45) is 7.05 Å². The van der Waals surface area contributed by atoms with Crippen molar-refractivity contribution in [3.05, 3.63) is 53.6 Å². The zero-order valence-electron chi connectivity index (χ0n) is 12.5. The predicted molar refractivity (Wildman–Crippen MR) is 83.5 cm³/mol. The molecule has 0 saturated carbocycles. The van der Waals surface area contributed by atoms with Gasteiger partial charge in [0.15, 0.2) is 11.6 Å². The van der Waals surface area contributed by atoms with Crippen molar-refractivity contribution in [3.63, 3.8) is 0 Å². The van der Waals surface area contributed by atoms with Gasteiger partial charge in [-0.3, -0.25) is 4.79 Å². The normalized spacial score (nSPS) is 17.7. The van der Waals surface area contributed by atoms with Crippen LogP contribution in [0.5, 0.6) is 0 Å². The molecule has 0 bridgehead atoms. The van der Waals surface area contributed by atoms with Crippen LogP contribution in [0, 0.1) is 11.6 Å². The third-order valence-electron chi connectivity index (χ3n) is 3.83. The number of nitrogens with zero attached hydrogens (tertiary/aromatic N) is 3. The minimum absolute atomic E-state index is 0. The molecule has 0 radical (unpaired) electrons. The Balaban J connectivity index is 0.00000192. The largest absolute Gasteiger partial charge is 0.336 e. The Morgan fingerprint density at radius 2 is 2.13 bits per heavy atom. The number of rotatable bonds is 2. The molecule has 1 amide bonds. The fourth-order valence-corrected chi connectivity index (χ4v) is 2.67. The number of halogens is 3. The summed E-state index contributed by atoms with van der Waals surface area (Å²) in [5.41, 5.74) is 0.139. The number of carbonyl (C=O) groups excluding carboxylic acids is 1. The minimum Gasteiger partial charge on any atom is -0.336 e. The second-order valence-corrected chi connectivity index (χ2v) is 5.24. The van der Waals surface area contributed by atoms with E-state index < -0.39 is 11.6 Å². The molecule has 1 unspecified atom stereocenters. The average molecular weight is 343 g/mol. The summed E-state index contributed by atoms with van der Waals surface area (Å²) >= 11 is 0. The van der Waals surface area contributed by atoms with Crippen molar-refractivity contribution in [2.45, 2.75) is 6.04 Å². The number of hydrogen-bond acceptors (Lipinski definition) is 3. The lowest BCUT2D eigenvalue weighted by Gasteiger charge is -2.35. The van der Waals surface area contributed by atoms with Gasteiger partial charge in [0, 0.05) is 44.6 Å². The molecule has 1 atom stereocenters. The fraction of sp³-hybridized carbons (Fsp3) is 0.333. The van der Waals surface area contributed by atoms with Gasteiger partial charge >= 0.3 is 0 Å². The SMILES string of the molecule is Cl.Cn1ccnc1C1CNCCN1C(=O)c1ccc(F)c(F)c1. The van der Waals surface area contributed by atoms with Gasteiger partial charge in [0.2, 0.25) is 0 Å². The molecular weight excluding hydrogens is 326 g/mol. The summed E-state index contributed by atoms with van der Waals surface area (Å²) in [5, 5.41) is 3.23. The highest BCUT2D eigenvalue weighted by molar-refractivity contribution is 5.94. The fourth-order valence-electron chi connectivity index (χ4n) is 2.67. The van der Waals surface area contributed by atoms with Crippen LogP contribution in [0.15, 0.2) is 30.6 Å². The Morgan fingerprint density at radius 1 is 1.35 bits per heavy atom. The molecule has 23 heavy (non-hydrogen) atoms. The first-order chi connectivity index (χ1) is 10.6. The van der Waals surface area contributed by atoms with Gasteiger partial charge in [0.1, 0.15) is 11.9 Å². The third kappa shape index (κ3) is 3.35. The van der Waals surface area contributed by atoms with E-state index in [4.69, 9.17) is 0 Å². The summed E-state index contributed by atoms with van der Waals surface area (Å²) in [4.78, 5) is 18.6. The summed E-state index contributed by atoms with van der Waals surface area (Å²) in [6.07, 6.45) is 3.48. The number of aromatic nitrogens is 2. The molecular formula is C15H17ClF2N4O. The second kappa shape index (κ2) is 7.06. The van der Waals surface area contributed by atoms with E-state index in [1.807, 2.05) is 17.8 Å². The number of benzene rings is 1. The molecule has 3 rings (SSSR count). The first-order valence-corrected chi connectivity index (χ1v) is 7.02. The quantitative estimate of drug-likeness (QED) is 0.907. The lowest BCUT2D eigenvalue weighted by atomic mass is 10.1. The van der Waals surface area contributed by atoms with Crippen LogP contribution in [0.25, 0.3) is 0 Å². The molecule has 1 aliphatic rings. The van der Waals surface area contributed by atoms with Crippen LogP contribution < -0.4 is 5.32 Å². The van der Waals surface area contributed by atoms with Gasteiger partial charge in [-0.25, -0.2) is 13.8 Å². The molecule has 1 aromatic carbocycles. The van der Waals surface area contributed by atoms with E-state index in [9.17, 15) is 13.6 Å². The van der Waals surface area contributed by atoms with E-state index in [0.717, 1.165) is 18.0 Å². The van der Waals surface area contributed by atoms with Crippen LogP contribution in [0.2, 0.25) is 0 Å². The summed E-state index contributed by atoms with van der Waals surface area (Å²) in [7, 11) is 1.86. The molecule has 0 spiro atoms. The molecule has 0 aliphatic carbocycles. The van der Waals surface area contributed by atoms with Crippen LogP contribution in [-0.4, -0.2) is 40.0 Å². The molecule has 2 heterocycles. The van der Waals surface area contributed by atoms with Gasteiger partial charge in [-0.15, -0.1) is 12.4 Å². The summed E-state index contributed by atoms with van der Waals surface area (Å²) in [5.74, 6) is -1.55. The maximum Gasteiger partial charge on any atom is 0.254 e. The molecule has 2 aromatic rings. The predicted octanol–water partition coefficient (Wildman–Crippen LogP) is 1.91. The molecule has 1 saturated heterocycles. The van der Waals surface area contributed by atoms with Crippen LogP contribution in [-0.2, 0) is 7.05 Å². The van der Waals surface area contributed by atoms with Crippen molar-refractivity contribution >= 4 is 18.3 Å². The number of piperazine rings is 1. The van der Waals surface area contributed by atoms with Gasteiger partial charge in [-0.1, -0.05) is 0 Å². The number of carbonyl (C=O) groups is 1. The van der Waals surface area contributed by atoms with Gasteiger partial charge in [-0.05, 0) is 18.2 Å². The Morgan fingerprint density at radius 3 is 2.78 bits per heavy atom. The first-order valence-electron chi connectivity index (χ1n) is 7.02. The van der Waals surface area contributed by atoms with Crippen LogP contribution in [0.4, 0.5) is 8.78 Å². The van der Waals surface area contributed by atoms with E-state index in [1.165, 1.54) is 6.07 Å². The lowest BCUT2D eigenvalue weighted by Crippen LogP contribution is -2.49. The molecule has 1 aliphatic heterocycles. The van der Waals surface area contributed by atoms with Gasteiger partial charge in [0.25, 0.3) is 5.91 Å². The highest BCUT2D eigenvalue weighted by Gasteiger charge is 2.31. The summed E-state index contributed by atoms with van der Waals surface area (Å²) in [6, 6.07) is 2.97. The molecule has 1 aromatic heterocycles. The van der Waals surface area contributed by atoms with E-state index in [-0.39, 0.29) is 29.9 Å². The number of aryl methyl sites for hydroxylation is 1. The van der Waals surface area contributed by atoms with E-state index >= 15 is 0 Å². The first kappa shape index (κ1) is 17.4. The highest BCUT2D eigenvalue weighted by atomic mass is 35.5. The topological polar surface area (TPSA) is 50.2 Å². The van der Waals surface area contributed by atoms with Crippen molar-refractivity contribution in [3.8, 4) is 0 Å². The number of imidazole rings is 1. The molecule has 8 heteroatoms. The number of amides is 1. The van der Waals surface area contributed by atoms with Gasteiger partial charge in [0.05, 0.1) is 0 Å². The zero-order chi connectivity index (χ0) is 15.7. The van der Waals surface area contributed by atoms with Crippen molar-refractivity contribution in [1.29, 1.82) is 0 Å². The maximum absolute atomic E-state index is 13.4. The number of hydrogen-bond donors (Lipinski definition) is 1. The van der Waals surface area contributed by atoms with Crippen LogP contribution in [0.3, 0.4) is 0 Å².